The van der Waals surface area contributed by atoms with Crippen LogP contribution < -0.4 is 5.32 Å². The van der Waals surface area contributed by atoms with E-state index in [9.17, 15) is 4.79 Å². The van der Waals surface area contributed by atoms with Gasteiger partial charge in [-0.05, 0) is 25.4 Å². The Labute approximate surface area is 104 Å². The molecule has 1 unspecified atom stereocenters. The molecule has 0 saturated carbocycles. The highest BCUT2D eigenvalue weighted by Gasteiger charge is 2.13. The molecule has 2 heteroatoms. The number of hydrogen-bond acceptors (Lipinski definition) is 2. The number of nitrogens with one attached hydrogen (secondary N) is 1. The minimum atomic E-state index is 0.0945. The van der Waals surface area contributed by atoms with E-state index in [0.29, 0.717) is 5.92 Å². The second-order valence-corrected chi connectivity index (χ2v) is 5.02. The summed E-state index contributed by atoms with van der Waals surface area (Å²) in [7, 11) is 0. The van der Waals surface area contributed by atoms with Crippen LogP contribution in [0, 0.1) is 11.8 Å². The fraction of sp³-hybridized carbons (Fsp3) is 0.533. The molecule has 0 bridgehead atoms. The maximum atomic E-state index is 12.0. The van der Waals surface area contributed by atoms with Gasteiger partial charge >= 0.3 is 0 Å². The lowest BCUT2D eigenvalue weighted by molar-refractivity contribution is 0.0924. The highest BCUT2D eigenvalue weighted by Crippen LogP contribution is 2.11. The summed E-state index contributed by atoms with van der Waals surface area (Å²) in [6.45, 7) is 8.31. The number of Topliss-reactive ketones (excluding diaryl/α,β-unsaturated/α-hetero) is 1. The molecule has 1 atom stereocenters. The third kappa shape index (κ3) is 5.14. The molecule has 2 nitrogen and oxygen atoms in total. The molecule has 0 radical (unpaired) electrons. The van der Waals surface area contributed by atoms with Crippen LogP contribution in [-0.4, -0.2) is 18.9 Å². The van der Waals surface area contributed by atoms with Crippen LogP contribution in [0.4, 0.5) is 0 Å². The van der Waals surface area contributed by atoms with Gasteiger partial charge in [-0.25, -0.2) is 0 Å². The smallest absolute Gasteiger partial charge is 0.165 e. The molecule has 1 rings (SSSR count). The van der Waals surface area contributed by atoms with Crippen LogP contribution in [0.3, 0.4) is 0 Å². The van der Waals surface area contributed by atoms with Gasteiger partial charge in [0.2, 0.25) is 0 Å². The van der Waals surface area contributed by atoms with Gasteiger partial charge in [0, 0.05) is 11.5 Å². The van der Waals surface area contributed by atoms with E-state index in [1.54, 1.807) is 0 Å². The average molecular weight is 233 g/mol. The zero-order valence-electron chi connectivity index (χ0n) is 11.1. The molecule has 0 fully saturated rings. The number of benzene rings is 1. The zero-order valence-corrected chi connectivity index (χ0v) is 11.1. The summed E-state index contributed by atoms with van der Waals surface area (Å²) in [4.78, 5) is 12.0. The minimum Gasteiger partial charge on any atom is -0.316 e. The first-order valence-electron chi connectivity index (χ1n) is 6.41. The number of rotatable bonds is 7. The van der Waals surface area contributed by atoms with Crippen molar-refractivity contribution in [2.45, 2.75) is 27.2 Å². The minimum absolute atomic E-state index is 0.0945. The van der Waals surface area contributed by atoms with Gasteiger partial charge in [-0.1, -0.05) is 51.1 Å². The van der Waals surface area contributed by atoms with Crippen LogP contribution >= 0.6 is 0 Å². The van der Waals surface area contributed by atoms with Crippen molar-refractivity contribution in [2.75, 3.05) is 13.1 Å². The molecular formula is C15H23NO. The molecule has 0 aliphatic carbocycles. The summed E-state index contributed by atoms with van der Waals surface area (Å²) in [5.41, 5.74) is 0.823. The highest BCUT2D eigenvalue weighted by atomic mass is 16.1. The second kappa shape index (κ2) is 7.23. The van der Waals surface area contributed by atoms with E-state index < -0.39 is 0 Å². The van der Waals surface area contributed by atoms with Crippen LogP contribution in [0.5, 0.6) is 0 Å². The number of carbonyl (C=O) groups excluding carboxylic acids is 1. The Hall–Kier alpha value is -1.15. The molecule has 1 aromatic rings. The summed E-state index contributed by atoms with van der Waals surface area (Å²) < 4.78 is 0. The van der Waals surface area contributed by atoms with Crippen molar-refractivity contribution in [1.82, 2.24) is 5.32 Å². The van der Waals surface area contributed by atoms with Gasteiger partial charge in [0.05, 0.1) is 0 Å². The Morgan fingerprint density at radius 2 is 1.82 bits per heavy atom. The van der Waals surface area contributed by atoms with Crippen molar-refractivity contribution in [2.24, 2.45) is 11.8 Å². The van der Waals surface area contributed by atoms with E-state index in [-0.39, 0.29) is 11.7 Å². The summed E-state index contributed by atoms with van der Waals surface area (Å²) in [5, 5.41) is 3.37. The molecular weight excluding hydrogens is 210 g/mol. The predicted molar refractivity (Wildman–Crippen MR) is 72.3 cm³/mol. The first-order valence-corrected chi connectivity index (χ1v) is 6.41. The molecule has 17 heavy (non-hydrogen) atoms. The lowest BCUT2D eigenvalue weighted by Gasteiger charge is -2.12. The largest absolute Gasteiger partial charge is 0.316 e. The molecule has 0 spiro atoms. The van der Waals surface area contributed by atoms with Gasteiger partial charge in [0.1, 0.15) is 0 Å². The van der Waals surface area contributed by atoms with E-state index in [2.05, 4.69) is 19.2 Å². The SMILES string of the molecule is CC(C)CNCCC(C)C(=O)c1ccccc1. The second-order valence-electron chi connectivity index (χ2n) is 5.02. The maximum absolute atomic E-state index is 12.0. The van der Waals surface area contributed by atoms with E-state index in [1.807, 2.05) is 37.3 Å². The first kappa shape index (κ1) is 13.9. The number of hydrogen-bond donors (Lipinski definition) is 1. The monoisotopic (exact) mass is 233 g/mol. The van der Waals surface area contributed by atoms with Crippen LogP contribution in [-0.2, 0) is 0 Å². The lowest BCUT2D eigenvalue weighted by Crippen LogP contribution is -2.24. The Balaban J connectivity index is 2.33. The van der Waals surface area contributed by atoms with Gasteiger partial charge in [0.25, 0.3) is 0 Å². The van der Waals surface area contributed by atoms with Crippen molar-refractivity contribution in [3.63, 3.8) is 0 Å². The van der Waals surface area contributed by atoms with E-state index in [4.69, 9.17) is 0 Å². The fourth-order valence-corrected chi connectivity index (χ4v) is 1.73. The molecule has 0 saturated heterocycles. The van der Waals surface area contributed by atoms with E-state index in [0.717, 1.165) is 25.1 Å². The van der Waals surface area contributed by atoms with Crippen LogP contribution in [0.15, 0.2) is 30.3 Å². The van der Waals surface area contributed by atoms with E-state index in [1.165, 1.54) is 0 Å². The molecule has 0 aromatic heterocycles. The fourth-order valence-electron chi connectivity index (χ4n) is 1.73. The van der Waals surface area contributed by atoms with Gasteiger partial charge < -0.3 is 5.32 Å². The molecule has 0 amide bonds. The number of carbonyl (C=O) groups is 1. The Morgan fingerprint density at radius 1 is 1.18 bits per heavy atom. The van der Waals surface area contributed by atoms with Gasteiger partial charge in [0.15, 0.2) is 5.78 Å². The normalized spacial score (nSPS) is 12.7. The third-order valence-corrected chi connectivity index (χ3v) is 2.81. The standard InChI is InChI=1S/C15H23NO/c1-12(2)11-16-10-9-13(3)15(17)14-7-5-4-6-8-14/h4-8,12-13,16H,9-11H2,1-3H3. The molecule has 0 heterocycles. The third-order valence-electron chi connectivity index (χ3n) is 2.81. The zero-order chi connectivity index (χ0) is 12.7. The lowest BCUT2D eigenvalue weighted by atomic mass is 9.96. The predicted octanol–water partition coefficient (Wildman–Crippen LogP) is 3.14. The van der Waals surface area contributed by atoms with Crippen molar-refractivity contribution in [3.05, 3.63) is 35.9 Å². The summed E-state index contributed by atoms with van der Waals surface area (Å²) in [5.74, 6) is 1.00. The first-order chi connectivity index (χ1) is 8.11. The van der Waals surface area contributed by atoms with E-state index >= 15 is 0 Å². The molecule has 0 aliphatic heterocycles. The molecule has 1 N–H and O–H groups in total. The summed E-state index contributed by atoms with van der Waals surface area (Å²) in [6, 6.07) is 9.54. The van der Waals surface area contributed by atoms with Crippen LogP contribution in [0.2, 0.25) is 0 Å². The Bertz CT molecular complexity index is 332. The molecule has 1 aromatic carbocycles. The van der Waals surface area contributed by atoms with Crippen LogP contribution in [0.25, 0.3) is 0 Å². The van der Waals surface area contributed by atoms with Crippen LogP contribution in [0.1, 0.15) is 37.6 Å². The van der Waals surface area contributed by atoms with Gasteiger partial charge in [-0.3, -0.25) is 4.79 Å². The van der Waals surface area contributed by atoms with Crippen molar-refractivity contribution < 1.29 is 4.79 Å². The number of ketones is 1. The maximum Gasteiger partial charge on any atom is 0.165 e. The average Bonchev–Trinajstić information content (AvgIpc) is 2.34. The Morgan fingerprint density at radius 3 is 2.41 bits per heavy atom. The van der Waals surface area contributed by atoms with Crippen molar-refractivity contribution in [1.29, 1.82) is 0 Å². The molecule has 0 aliphatic rings. The quantitative estimate of drug-likeness (QED) is 0.579. The van der Waals surface area contributed by atoms with Crippen molar-refractivity contribution in [3.8, 4) is 0 Å². The summed E-state index contributed by atoms with van der Waals surface area (Å²) in [6.07, 6.45) is 0.903. The molecule has 94 valence electrons. The van der Waals surface area contributed by atoms with Gasteiger partial charge in [-0.2, -0.15) is 0 Å². The van der Waals surface area contributed by atoms with Crippen molar-refractivity contribution >= 4 is 5.78 Å². The Kier molecular flexibility index (Phi) is 5.92. The highest BCUT2D eigenvalue weighted by molar-refractivity contribution is 5.97. The summed E-state index contributed by atoms with van der Waals surface area (Å²) >= 11 is 0. The topological polar surface area (TPSA) is 29.1 Å². The van der Waals surface area contributed by atoms with Gasteiger partial charge in [-0.15, -0.1) is 0 Å².